The summed E-state index contributed by atoms with van der Waals surface area (Å²) in [6, 6.07) is 95.8. The van der Waals surface area contributed by atoms with E-state index in [1.807, 2.05) is 0 Å². The van der Waals surface area contributed by atoms with Crippen molar-refractivity contribution in [2.24, 2.45) is 0 Å². The van der Waals surface area contributed by atoms with Crippen molar-refractivity contribution in [2.45, 2.75) is 191 Å². The molecule has 0 saturated carbocycles. The first-order valence-corrected chi connectivity index (χ1v) is 63.7. The molecule has 0 saturated heterocycles. The molecular formula is C104H118Si2Ti2. The molecular weight excluding hydrogens is 1400 g/mol. The molecule has 550 valence electrons. The van der Waals surface area contributed by atoms with Crippen LogP contribution < -0.4 is 0 Å². The molecule has 0 N–H and O–H groups in total. The van der Waals surface area contributed by atoms with E-state index >= 15 is 0 Å². The summed E-state index contributed by atoms with van der Waals surface area (Å²) in [4.78, 5) is 0. The van der Waals surface area contributed by atoms with E-state index in [2.05, 4.69) is 335 Å². The van der Waals surface area contributed by atoms with Crippen molar-refractivity contribution in [1.82, 2.24) is 0 Å². The Bertz CT molecular complexity index is 4960. The first kappa shape index (κ1) is 74.6. The third-order valence-corrected chi connectivity index (χ3v) is 109. The molecule has 12 aromatic carbocycles. The Hall–Kier alpha value is -7.50. The van der Waals surface area contributed by atoms with Crippen LogP contribution >= 0.6 is 0 Å². The molecule has 0 bridgehead atoms. The number of unbranched alkanes of at least 4 members (excludes halogenated alkanes) is 7. The Morgan fingerprint density at radius 2 is 0.435 bits per heavy atom. The van der Waals surface area contributed by atoms with Gasteiger partial charge in [0.15, 0.2) is 0 Å². The number of fused-ring (bicyclic) bond motifs is 8. The van der Waals surface area contributed by atoms with Gasteiger partial charge in [0.1, 0.15) is 0 Å². The predicted molar refractivity (Wildman–Crippen MR) is 479 cm³/mol. The molecule has 0 heterocycles. The molecule has 4 aliphatic carbocycles. The molecule has 0 fully saturated rings. The average molecular weight is 1520 g/mol. The summed E-state index contributed by atoms with van der Waals surface area (Å²) in [6.45, 7) is 26.7. The van der Waals surface area contributed by atoms with Crippen LogP contribution in [-0.4, -0.2) is 14.8 Å². The van der Waals surface area contributed by atoms with Gasteiger partial charge < -0.3 is 0 Å². The maximum absolute atomic E-state index is 4.94. The van der Waals surface area contributed by atoms with Gasteiger partial charge >= 0.3 is 653 Å². The summed E-state index contributed by atoms with van der Waals surface area (Å²) < 4.78 is 10.4. The summed E-state index contributed by atoms with van der Waals surface area (Å²) in [7, 11) is -1.61. The van der Waals surface area contributed by atoms with Crippen LogP contribution in [0.2, 0.25) is 41.4 Å². The molecule has 4 unspecified atom stereocenters. The summed E-state index contributed by atoms with van der Waals surface area (Å²) >= 11 is -9.88. The second kappa shape index (κ2) is 29.0. The second-order valence-corrected chi connectivity index (χ2v) is 92.3. The molecule has 16 rings (SSSR count). The quantitative estimate of drug-likeness (QED) is 0.0324. The Labute approximate surface area is 647 Å². The van der Waals surface area contributed by atoms with E-state index in [0.29, 0.717) is 16.9 Å². The molecule has 0 amide bonds. The van der Waals surface area contributed by atoms with E-state index in [0.717, 1.165) is 0 Å². The number of hydrogen-bond donors (Lipinski definition) is 0. The van der Waals surface area contributed by atoms with Gasteiger partial charge in [0.25, 0.3) is 0 Å². The Balaban J connectivity index is 0.881. The number of benzene rings is 12. The van der Waals surface area contributed by atoms with Crippen LogP contribution in [-0.2, 0) is 26.6 Å². The summed E-state index contributed by atoms with van der Waals surface area (Å²) in [6.07, 6.45) is 26.6. The molecule has 4 aliphatic rings. The zero-order valence-electron chi connectivity index (χ0n) is 66.9. The minimum absolute atomic E-state index is 0.445. The average Bonchev–Trinajstić information content (AvgIpc) is 1.30. The standard InChI is InChI=1S/4C20H15.C6H12.4C4H9.2CH5Si.2Ti/c4*1-14-12-16-8-5-11-19(20(16)13-14)18-10-4-7-15-6-2-3-9-17(15)18;1-3-5-6-4-2;4*1-3-4-2;2*1-2;;/h4*2-13H,1H3;1-6H2;4*1,3-4H2,2H3;2*2H2,1H3;;. The monoisotopic (exact) mass is 1520 g/mol. The van der Waals surface area contributed by atoms with Gasteiger partial charge in [-0.2, -0.15) is 0 Å². The second-order valence-electron chi connectivity index (χ2n) is 36.3. The van der Waals surface area contributed by atoms with Gasteiger partial charge in [0.2, 0.25) is 0 Å². The Morgan fingerprint density at radius 1 is 0.231 bits per heavy atom. The van der Waals surface area contributed by atoms with Crippen LogP contribution in [0.3, 0.4) is 0 Å². The molecule has 108 heavy (non-hydrogen) atoms. The zero-order chi connectivity index (χ0) is 74.5. The Morgan fingerprint density at radius 3 is 0.667 bits per heavy atom. The van der Waals surface area contributed by atoms with E-state index in [1.165, 1.54) is 215 Å². The first-order valence-electron chi connectivity index (χ1n) is 42.6. The van der Waals surface area contributed by atoms with Gasteiger partial charge in [-0.1, -0.05) is 0 Å². The van der Waals surface area contributed by atoms with Crippen molar-refractivity contribution in [3.8, 4) is 44.5 Å². The maximum atomic E-state index is 2.94. The van der Waals surface area contributed by atoms with E-state index in [1.54, 1.807) is 44.5 Å². The molecule has 0 aliphatic heterocycles. The van der Waals surface area contributed by atoms with Crippen molar-refractivity contribution in [3.63, 3.8) is 0 Å². The van der Waals surface area contributed by atoms with Gasteiger partial charge in [-0.15, -0.1) is 0 Å². The predicted octanol–water partition coefficient (Wildman–Crippen LogP) is 30.9. The van der Waals surface area contributed by atoms with Gasteiger partial charge in [0.05, 0.1) is 0 Å². The molecule has 0 aromatic heterocycles. The van der Waals surface area contributed by atoms with Crippen LogP contribution in [0.25, 0.3) is 112 Å². The summed E-state index contributed by atoms with van der Waals surface area (Å²) in [5.41, 5.74) is 30.8. The fourth-order valence-corrected chi connectivity index (χ4v) is 105. The van der Waals surface area contributed by atoms with Gasteiger partial charge in [-0.05, 0) is 0 Å². The molecule has 12 aromatic rings. The van der Waals surface area contributed by atoms with E-state index in [4.69, 9.17) is 0 Å². The fourth-order valence-electron chi connectivity index (χ4n) is 27.7. The van der Waals surface area contributed by atoms with Crippen LogP contribution in [0.15, 0.2) is 265 Å². The van der Waals surface area contributed by atoms with Crippen LogP contribution in [0.1, 0.15) is 194 Å². The summed E-state index contributed by atoms with van der Waals surface area (Å²) in [5, 5.41) is 10.7. The third-order valence-electron chi connectivity index (χ3n) is 31.8. The number of rotatable bonds is 29. The first-order chi connectivity index (χ1) is 52.7. The molecule has 0 nitrogen and oxygen atoms in total. The zero-order valence-corrected chi connectivity index (χ0v) is 72.8. The van der Waals surface area contributed by atoms with Crippen LogP contribution in [0, 0.1) is 0 Å². The van der Waals surface area contributed by atoms with Gasteiger partial charge in [0, 0.05) is 0 Å². The van der Waals surface area contributed by atoms with Crippen molar-refractivity contribution in [3.05, 3.63) is 309 Å². The van der Waals surface area contributed by atoms with Crippen LogP contribution in [0.4, 0.5) is 0 Å². The minimum atomic E-state index is -4.94. The fraction of sp³-hybridized carbons (Fsp3) is 0.308. The molecule has 4 heteroatoms. The number of allylic oxidation sites excluding steroid dienone is 4. The molecule has 0 spiro atoms. The Kier molecular flexibility index (Phi) is 20.0. The van der Waals surface area contributed by atoms with Crippen molar-refractivity contribution < 1.29 is 26.6 Å². The van der Waals surface area contributed by atoms with Crippen LogP contribution in [0.5, 0.6) is 0 Å². The van der Waals surface area contributed by atoms with Gasteiger partial charge in [-0.25, -0.2) is 0 Å². The van der Waals surface area contributed by atoms with Gasteiger partial charge in [-0.3, -0.25) is 0 Å². The molecule has 0 radical (unpaired) electrons. The molecule has 4 atom stereocenters. The summed E-state index contributed by atoms with van der Waals surface area (Å²) in [5.74, 6) is 0. The topological polar surface area (TPSA) is 0 Å². The van der Waals surface area contributed by atoms with Crippen molar-refractivity contribution >= 4 is 82.2 Å². The SMILES string of the molecule is CCC[CH2][Ti]([CH2]CCC)([CH2]CCCC[CH2][Ti]([CH2]CCC)([CH2]CCC)([SiH2]C)([CH]1C(C)=Cc2c(-c3cccc4ccccc34)cccc21)[CH]1C(C)=Cc2c(-c3cccc4ccccc34)cccc21)([SiH2]C)([CH]1C(C)=Cc2c(-c3cccc4ccccc34)cccc21)[CH]1C(C)=Cc2c(-c3cccc4ccccc34)cccc21. The van der Waals surface area contributed by atoms with E-state index in [9.17, 15) is 0 Å². The third kappa shape index (κ3) is 11.2. The van der Waals surface area contributed by atoms with Crippen molar-refractivity contribution in [1.29, 1.82) is 0 Å². The van der Waals surface area contributed by atoms with E-state index in [-0.39, 0.29) is 0 Å². The van der Waals surface area contributed by atoms with Crippen molar-refractivity contribution in [2.75, 3.05) is 0 Å². The van der Waals surface area contributed by atoms with E-state index < -0.39 is 41.3 Å². The normalized spacial score (nSPS) is 18.3. The number of hydrogen-bond acceptors (Lipinski definition) is 0.